The Labute approximate surface area is 74.9 Å². The van der Waals surface area contributed by atoms with Gasteiger partial charge in [0.15, 0.2) is 0 Å². The van der Waals surface area contributed by atoms with Crippen LogP contribution in [0.15, 0.2) is 11.9 Å². The zero-order valence-corrected chi connectivity index (χ0v) is 7.47. The van der Waals surface area contributed by atoms with Gasteiger partial charge in [-0.2, -0.15) is 0 Å². The van der Waals surface area contributed by atoms with Crippen molar-refractivity contribution in [3.63, 3.8) is 0 Å². The lowest BCUT2D eigenvalue weighted by atomic mass is 10.4. The maximum Gasteiger partial charge on any atom is 0.554 e. The largest absolute Gasteiger partial charge is 0.554 e. The predicted molar refractivity (Wildman–Crippen MR) is 45.2 cm³/mol. The lowest BCUT2D eigenvalue weighted by Crippen LogP contribution is -2.14. The standard InChI is InChI=1S/C6H11N3O4/c1-7(2)5-3-4-6(8(10)11)9(12)13/h4H,3,5H2,1-2H3. The van der Waals surface area contributed by atoms with Crippen molar-refractivity contribution in [1.82, 2.24) is 4.90 Å². The minimum atomic E-state index is -0.990. The van der Waals surface area contributed by atoms with Crippen LogP contribution in [0.25, 0.3) is 0 Å². The molecular weight excluding hydrogens is 178 g/mol. The molecule has 0 aromatic carbocycles. The molecular formula is C6H11N3O4. The predicted octanol–water partition coefficient (Wildman–Crippen LogP) is 0.333. The molecule has 0 rings (SSSR count). The summed E-state index contributed by atoms with van der Waals surface area (Å²) in [4.78, 5) is 20.0. The zero-order chi connectivity index (χ0) is 10.4. The molecule has 0 saturated heterocycles. The van der Waals surface area contributed by atoms with Crippen LogP contribution in [0.2, 0.25) is 0 Å². The lowest BCUT2D eigenvalue weighted by molar-refractivity contribution is -0.616. The Morgan fingerprint density at radius 1 is 1.31 bits per heavy atom. The average Bonchev–Trinajstić information content (AvgIpc) is 1.95. The topological polar surface area (TPSA) is 89.5 Å². The summed E-state index contributed by atoms with van der Waals surface area (Å²) in [6.07, 6.45) is 1.31. The average molecular weight is 189 g/mol. The number of nitrogens with zero attached hydrogens (tertiary/aromatic N) is 3. The van der Waals surface area contributed by atoms with Crippen molar-refractivity contribution in [2.24, 2.45) is 0 Å². The van der Waals surface area contributed by atoms with E-state index >= 15 is 0 Å². The van der Waals surface area contributed by atoms with Gasteiger partial charge in [0.2, 0.25) is 0 Å². The summed E-state index contributed by atoms with van der Waals surface area (Å²) in [6, 6.07) is 0. The maximum absolute atomic E-state index is 10.1. The summed E-state index contributed by atoms with van der Waals surface area (Å²) >= 11 is 0. The number of hydrogen-bond donors (Lipinski definition) is 0. The van der Waals surface area contributed by atoms with Gasteiger partial charge in [-0.1, -0.05) is 0 Å². The van der Waals surface area contributed by atoms with E-state index in [2.05, 4.69) is 0 Å². The van der Waals surface area contributed by atoms with Gasteiger partial charge in [-0.05, 0) is 20.5 Å². The third-order valence-electron chi connectivity index (χ3n) is 1.28. The van der Waals surface area contributed by atoms with E-state index in [-0.39, 0.29) is 0 Å². The zero-order valence-electron chi connectivity index (χ0n) is 7.47. The first-order valence-corrected chi connectivity index (χ1v) is 3.59. The van der Waals surface area contributed by atoms with Gasteiger partial charge in [-0.15, -0.1) is 0 Å². The molecule has 7 nitrogen and oxygen atoms in total. The van der Waals surface area contributed by atoms with Crippen LogP contribution in [0.1, 0.15) is 6.42 Å². The second-order valence-corrected chi connectivity index (χ2v) is 2.67. The van der Waals surface area contributed by atoms with Crippen molar-refractivity contribution in [2.45, 2.75) is 6.42 Å². The minimum absolute atomic E-state index is 0.296. The Morgan fingerprint density at radius 2 is 1.77 bits per heavy atom. The van der Waals surface area contributed by atoms with Crippen molar-refractivity contribution >= 4 is 0 Å². The van der Waals surface area contributed by atoms with Gasteiger partial charge in [-0.3, -0.25) is 20.2 Å². The molecule has 0 radical (unpaired) electrons. The molecule has 0 heterocycles. The Balaban J connectivity index is 4.22. The highest BCUT2D eigenvalue weighted by Crippen LogP contribution is 1.98. The molecule has 0 aromatic heterocycles. The van der Waals surface area contributed by atoms with Crippen LogP contribution in [0, 0.1) is 20.2 Å². The highest BCUT2D eigenvalue weighted by atomic mass is 16.7. The lowest BCUT2D eigenvalue weighted by Gasteiger charge is -2.04. The van der Waals surface area contributed by atoms with Gasteiger partial charge in [-0.25, -0.2) is 0 Å². The van der Waals surface area contributed by atoms with Crippen molar-refractivity contribution in [3.05, 3.63) is 32.1 Å². The molecule has 0 aliphatic heterocycles. The number of hydrogen-bond acceptors (Lipinski definition) is 5. The summed E-state index contributed by atoms with van der Waals surface area (Å²) in [5, 5.41) is 20.2. The van der Waals surface area contributed by atoms with Gasteiger partial charge >= 0.3 is 5.82 Å². The van der Waals surface area contributed by atoms with Gasteiger partial charge in [0, 0.05) is 6.54 Å². The van der Waals surface area contributed by atoms with Crippen molar-refractivity contribution < 1.29 is 9.85 Å². The first-order valence-electron chi connectivity index (χ1n) is 3.59. The molecule has 13 heavy (non-hydrogen) atoms. The molecule has 0 fully saturated rings. The van der Waals surface area contributed by atoms with Crippen LogP contribution < -0.4 is 0 Å². The monoisotopic (exact) mass is 189 g/mol. The number of nitro groups is 2. The quantitative estimate of drug-likeness (QED) is 0.459. The van der Waals surface area contributed by atoms with Crippen molar-refractivity contribution in [2.75, 3.05) is 20.6 Å². The third-order valence-corrected chi connectivity index (χ3v) is 1.28. The SMILES string of the molecule is CN(C)CCC=C([N+](=O)[O-])[N+](=O)[O-]. The Morgan fingerprint density at radius 3 is 2.08 bits per heavy atom. The van der Waals surface area contributed by atoms with Crippen LogP contribution >= 0.6 is 0 Å². The highest BCUT2D eigenvalue weighted by Gasteiger charge is 2.23. The van der Waals surface area contributed by atoms with Crippen LogP contribution in [-0.2, 0) is 0 Å². The van der Waals surface area contributed by atoms with E-state index in [4.69, 9.17) is 0 Å². The Hall–Kier alpha value is -1.50. The first-order chi connectivity index (χ1) is 5.95. The van der Waals surface area contributed by atoms with Gasteiger partial charge in [0.05, 0.1) is 6.08 Å². The highest BCUT2D eigenvalue weighted by molar-refractivity contribution is 4.81. The molecule has 0 saturated carbocycles. The van der Waals surface area contributed by atoms with Crippen LogP contribution in [0.5, 0.6) is 0 Å². The molecule has 0 N–H and O–H groups in total. The fourth-order valence-corrected chi connectivity index (χ4v) is 0.668. The molecule has 0 atom stereocenters. The van der Waals surface area contributed by atoms with E-state index in [1.54, 1.807) is 19.0 Å². The maximum atomic E-state index is 10.1. The van der Waals surface area contributed by atoms with Gasteiger partial charge in [0.1, 0.15) is 9.85 Å². The second kappa shape index (κ2) is 5.20. The molecule has 0 amide bonds. The summed E-state index contributed by atoms with van der Waals surface area (Å²) in [7, 11) is 3.57. The normalized spacial score (nSPS) is 9.77. The van der Waals surface area contributed by atoms with E-state index in [1.165, 1.54) is 0 Å². The van der Waals surface area contributed by atoms with Crippen LogP contribution in [0.4, 0.5) is 0 Å². The molecule has 7 heteroatoms. The van der Waals surface area contributed by atoms with Crippen LogP contribution in [-0.4, -0.2) is 35.4 Å². The fraction of sp³-hybridized carbons (Fsp3) is 0.667. The minimum Gasteiger partial charge on any atom is -0.309 e. The van der Waals surface area contributed by atoms with Crippen molar-refractivity contribution in [1.29, 1.82) is 0 Å². The van der Waals surface area contributed by atoms with Crippen molar-refractivity contribution in [3.8, 4) is 0 Å². The summed E-state index contributed by atoms with van der Waals surface area (Å²) in [5.41, 5.74) is 0. The summed E-state index contributed by atoms with van der Waals surface area (Å²) in [5.74, 6) is -0.957. The number of rotatable bonds is 5. The summed E-state index contributed by atoms with van der Waals surface area (Å²) < 4.78 is 0. The molecule has 74 valence electrons. The van der Waals surface area contributed by atoms with Crippen LogP contribution in [0.3, 0.4) is 0 Å². The third kappa shape index (κ3) is 4.86. The Bertz CT molecular complexity index is 220. The molecule has 0 unspecified atom stereocenters. The van der Waals surface area contributed by atoms with E-state index in [9.17, 15) is 20.2 Å². The smallest absolute Gasteiger partial charge is 0.309 e. The van der Waals surface area contributed by atoms with E-state index in [0.29, 0.717) is 13.0 Å². The van der Waals surface area contributed by atoms with E-state index in [0.717, 1.165) is 6.08 Å². The molecule has 0 spiro atoms. The second-order valence-electron chi connectivity index (χ2n) is 2.67. The first kappa shape index (κ1) is 11.5. The molecule has 0 aliphatic carbocycles. The van der Waals surface area contributed by atoms with Gasteiger partial charge < -0.3 is 4.90 Å². The van der Waals surface area contributed by atoms with E-state index in [1.807, 2.05) is 0 Å². The molecule has 0 bridgehead atoms. The van der Waals surface area contributed by atoms with Gasteiger partial charge in [0.25, 0.3) is 0 Å². The fourth-order valence-electron chi connectivity index (χ4n) is 0.668. The van der Waals surface area contributed by atoms with E-state index < -0.39 is 15.7 Å². The Kier molecular flexibility index (Phi) is 4.60. The molecule has 0 aromatic rings. The molecule has 0 aliphatic rings. The summed E-state index contributed by atoms with van der Waals surface area (Å²) in [6.45, 7) is 0.547.